The predicted molar refractivity (Wildman–Crippen MR) is 122 cm³/mol. The highest BCUT2D eigenvalue weighted by molar-refractivity contribution is 5.76. The van der Waals surface area contributed by atoms with Crippen molar-refractivity contribution in [2.75, 3.05) is 0 Å². The first-order valence-electron chi connectivity index (χ1n) is 11.0. The first-order chi connectivity index (χ1) is 14.9. The molecule has 0 radical (unpaired) electrons. The quantitative estimate of drug-likeness (QED) is 0.549. The largest absolute Gasteiger partial charge is 0.481 e. The van der Waals surface area contributed by atoms with Gasteiger partial charge in [0.1, 0.15) is 11.4 Å². The lowest BCUT2D eigenvalue weighted by Crippen LogP contribution is -2.36. The fourth-order valence-corrected chi connectivity index (χ4v) is 4.17. The third-order valence-corrected chi connectivity index (χ3v) is 5.54. The van der Waals surface area contributed by atoms with Crippen LogP contribution in [0.4, 0.5) is 9.18 Å². The van der Waals surface area contributed by atoms with Crippen molar-refractivity contribution < 1.29 is 23.8 Å². The van der Waals surface area contributed by atoms with E-state index in [1.165, 1.54) is 11.1 Å². The first-order valence-corrected chi connectivity index (χ1v) is 11.0. The molecule has 0 unspecified atom stereocenters. The van der Waals surface area contributed by atoms with Gasteiger partial charge in [0.15, 0.2) is 0 Å². The van der Waals surface area contributed by atoms with Crippen molar-refractivity contribution in [1.29, 1.82) is 0 Å². The molecule has 3 rings (SSSR count). The van der Waals surface area contributed by atoms with E-state index in [4.69, 9.17) is 4.74 Å². The SMILES string of the molecule is Cc1cc(C)c(-c2cc(C)c(F)c([C@H](CC(=O)O)NC(=O)OC(C)(C)C)c2)c(C2CC2)c1. The summed E-state index contributed by atoms with van der Waals surface area (Å²) in [5.41, 5.74) is 5.21. The Morgan fingerprint density at radius 2 is 1.78 bits per heavy atom. The molecule has 0 aliphatic heterocycles. The van der Waals surface area contributed by atoms with Crippen molar-refractivity contribution in [3.63, 3.8) is 0 Å². The zero-order chi connectivity index (χ0) is 23.8. The molecular weight excluding hydrogens is 409 g/mol. The van der Waals surface area contributed by atoms with Crippen LogP contribution < -0.4 is 5.32 Å². The minimum absolute atomic E-state index is 0.148. The number of ether oxygens (including phenoxy) is 1. The summed E-state index contributed by atoms with van der Waals surface area (Å²) in [6.45, 7) is 10.9. The number of rotatable bonds is 6. The second-order valence-corrected chi connectivity index (χ2v) is 9.81. The first kappa shape index (κ1) is 23.8. The van der Waals surface area contributed by atoms with Crippen LogP contribution in [-0.2, 0) is 9.53 Å². The molecule has 172 valence electrons. The fraction of sp³-hybridized carbons (Fsp3) is 0.462. The number of hydrogen-bond donors (Lipinski definition) is 2. The second kappa shape index (κ2) is 8.93. The summed E-state index contributed by atoms with van der Waals surface area (Å²) >= 11 is 0. The Balaban J connectivity index is 2.09. The van der Waals surface area contributed by atoms with Crippen molar-refractivity contribution in [2.45, 2.75) is 78.4 Å². The summed E-state index contributed by atoms with van der Waals surface area (Å²) in [5.74, 6) is -1.17. The zero-order valence-electron chi connectivity index (χ0n) is 19.6. The molecule has 1 amide bonds. The van der Waals surface area contributed by atoms with Crippen LogP contribution in [-0.4, -0.2) is 22.8 Å². The van der Waals surface area contributed by atoms with Crippen molar-refractivity contribution in [1.82, 2.24) is 5.32 Å². The van der Waals surface area contributed by atoms with Gasteiger partial charge in [-0.05, 0) is 100 Å². The minimum Gasteiger partial charge on any atom is -0.481 e. The van der Waals surface area contributed by atoms with Crippen LogP contribution in [0.1, 0.15) is 79.8 Å². The van der Waals surface area contributed by atoms with Crippen molar-refractivity contribution in [2.24, 2.45) is 0 Å². The van der Waals surface area contributed by atoms with E-state index in [0.717, 1.165) is 29.5 Å². The molecule has 5 nitrogen and oxygen atoms in total. The molecule has 0 bridgehead atoms. The summed E-state index contributed by atoms with van der Waals surface area (Å²) in [5, 5.41) is 12.0. The van der Waals surface area contributed by atoms with Gasteiger partial charge in [-0.1, -0.05) is 17.7 Å². The lowest BCUT2D eigenvalue weighted by Gasteiger charge is -2.24. The standard InChI is InChI=1S/C26H32FNO4/c1-14-9-15(2)23(19(10-14)17-7-8-17)18-11-16(3)24(27)20(12-18)21(13-22(29)30)28-25(31)32-26(4,5)6/h9-12,17,21H,7-8,13H2,1-6H3,(H,28,31)(H,29,30)/t21-/m0/s1. The van der Waals surface area contributed by atoms with Crippen LogP contribution in [0, 0.1) is 26.6 Å². The number of carbonyl (C=O) groups is 2. The Bertz CT molecular complexity index is 1050. The molecule has 6 heteroatoms. The summed E-state index contributed by atoms with van der Waals surface area (Å²) in [7, 11) is 0. The van der Waals surface area contributed by atoms with Gasteiger partial charge in [-0.15, -0.1) is 0 Å². The van der Waals surface area contributed by atoms with Gasteiger partial charge in [0.2, 0.25) is 0 Å². The van der Waals surface area contributed by atoms with Gasteiger partial charge in [-0.3, -0.25) is 4.79 Å². The topological polar surface area (TPSA) is 75.6 Å². The number of aliphatic carboxylic acids is 1. The number of aryl methyl sites for hydroxylation is 3. The van der Waals surface area contributed by atoms with Crippen molar-refractivity contribution >= 4 is 12.1 Å². The number of hydrogen-bond acceptors (Lipinski definition) is 3. The van der Waals surface area contributed by atoms with Crippen LogP contribution in [0.3, 0.4) is 0 Å². The van der Waals surface area contributed by atoms with Gasteiger partial charge in [0.25, 0.3) is 0 Å². The van der Waals surface area contributed by atoms with E-state index in [1.807, 2.05) is 6.92 Å². The van der Waals surface area contributed by atoms with Crippen LogP contribution in [0.25, 0.3) is 11.1 Å². The Labute approximate surface area is 189 Å². The van der Waals surface area contributed by atoms with Gasteiger partial charge < -0.3 is 15.2 Å². The Hall–Kier alpha value is -2.89. The number of amides is 1. The van der Waals surface area contributed by atoms with Crippen LogP contribution in [0.5, 0.6) is 0 Å². The Kier molecular flexibility index (Phi) is 6.63. The molecule has 0 spiro atoms. The van der Waals surface area contributed by atoms with Crippen LogP contribution in [0.2, 0.25) is 0 Å². The highest BCUT2D eigenvalue weighted by Gasteiger charge is 2.29. The van der Waals surface area contributed by atoms with E-state index in [0.29, 0.717) is 11.5 Å². The summed E-state index contributed by atoms with van der Waals surface area (Å²) in [4.78, 5) is 23.9. The number of alkyl carbamates (subject to hydrolysis) is 1. The van der Waals surface area contributed by atoms with E-state index in [1.54, 1.807) is 39.8 Å². The molecule has 32 heavy (non-hydrogen) atoms. The van der Waals surface area contributed by atoms with Crippen LogP contribution >= 0.6 is 0 Å². The molecule has 1 atom stereocenters. The maximum absolute atomic E-state index is 15.2. The molecular formula is C26H32FNO4. The number of halogens is 1. The summed E-state index contributed by atoms with van der Waals surface area (Å²) in [6.07, 6.45) is 1.02. The Morgan fingerprint density at radius 1 is 1.12 bits per heavy atom. The number of carboxylic acid groups (broad SMARTS) is 1. The van der Waals surface area contributed by atoms with Gasteiger partial charge >= 0.3 is 12.1 Å². The van der Waals surface area contributed by atoms with Gasteiger partial charge in [0.05, 0.1) is 12.5 Å². The molecule has 1 fully saturated rings. The fourth-order valence-electron chi connectivity index (χ4n) is 4.17. The minimum atomic E-state index is -1.14. The lowest BCUT2D eigenvalue weighted by atomic mass is 9.87. The summed E-state index contributed by atoms with van der Waals surface area (Å²) < 4.78 is 20.5. The monoisotopic (exact) mass is 441 g/mol. The maximum atomic E-state index is 15.2. The molecule has 1 saturated carbocycles. The van der Waals surface area contributed by atoms with E-state index in [2.05, 4.69) is 24.4 Å². The summed E-state index contributed by atoms with van der Waals surface area (Å²) in [6, 6.07) is 6.71. The van der Waals surface area contributed by atoms with E-state index >= 15 is 4.39 Å². The smallest absolute Gasteiger partial charge is 0.408 e. The van der Waals surface area contributed by atoms with E-state index in [-0.39, 0.29) is 5.56 Å². The molecule has 0 aromatic heterocycles. The van der Waals surface area contributed by atoms with Gasteiger partial charge in [-0.2, -0.15) is 0 Å². The van der Waals surface area contributed by atoms with Gasteiger partial charge in [-0.25, -0.2) is 9.18 Å². The predicted octanol–water partition coefficient (Wildman–Crippen LogP) is 6.34. The molecule has 1 aliphatic carbocycles. The number of carboxylic acids is 1. The molecule has 2 aromatic rings. The lowest BCUT2D eigenvalue weighted by molar-refractivity contribution is -0.137. The normalized spacial score (nSPS) is 14.7. The average Bonchev–Trinajstić information content (AvgIpc) is 3.46. The molecule has 1 aliphatic rings. The molecule has 2 aromatic carbocycles. The molecule has 2 N–H and O–H groups in total. The Morgan fingerprint density at radius 3 is 2.34 bits per heavy atom. The second-order valence-electron chi connectivity index (χ2n) is 9.81. The number of nitrogens with one attached hydrogen (secondary N) is 1. The van der Waals surface area contributed by atoms with Crippen molar-refractivity contribution in [3.8, 4) is 11.1 Å². The van der Waals surface area contributed by atoms with E-state index in [9.17, 15) is 14.7 Å². The average molecular weight is 442 g/mol. The third kappa shape index (κ3) is 5.67. The number of carbonyl (C=O) groups excluding carboxylic acids is 1. The highest BCUT2D eigenvalue weighted by Crippen LogP contribution is 2.46. The van der Waals surface area contributed by atoms with E-state index < -0.39 is 35.9 Å². The third-order valence-electron chi connectivity index (χ3n) is 5.54. The highest BCUT2D eigenvalue weighted by atomic mass is 19.1. The molecule has 0 saturated heterocycles. The van der Waals surface area contributed by atoms with Crippen LogP contribution in [0.15, 0.2) is 24.3 Å². The van der Waals surface area contributed by atoms with Gasteiger partial charge in [0, 0.05) is 5.56 Å². The maximum Gasteiger partial charge on any atom is 0.408 e. The van der Waals surface area contributed by atoms with Crippen molar-refractivity contribution in [3.05, 3.63) is 57.9 Å². The number of benzene rings is 2. The zero-order valence-corrected chi connectivity index (χ0v) is 19.6. The molecule has 0 heterocycles.